The fraction of sp³-hybridized carbons (Fsp3) is 0.381. The van der Waals surface area contributed by atoms with Gasteiger partial charge in [-0.05, 0) is 64.3 Å². The molecule has 2 rings (SSSR count). The molecule has 0 unspecified atom stereocenters. The van der Waals surface area contributed by atoms with Gasteiger partial charge in [-0.2, -0.15) is 5.10 Å². The number of benzene rings is 1. The largest absolute Gasteiger partial charge is 0.345 e. The maximum atomic E-state index is 11.8. The van der Waals surface area contributed by atoms with Gasteiger partial charge in [0.25, 0.3) is 0 Å². The van der Waals surface area contributed by atoms with Crippen molar-refractivity contribution in [3.05, 3.63) is 52.3 Å². The van der Waals surface area contributed by atoms with Crippen molar-refractivity contribution in [3.63, 3.8) is 0 Å². The summed E-state index contributed by atoms with van der Waals surface area (Å²) < 4.78 is 2.17. The SMILES string of the molecule is CC[C@H](C)NC(=O)C(=O)N/N=C\c1cc(C)n(-c2cc(C)ccc2C)c1C. The fourth-order valence-electron chi connectivity index (χ4n) is 2.85. The molecule has 0 fully saturated rings. The summed E-state index contributed by atoms with van der Waals surface area (Å²) in [6.07, 6.45) is 2.32. The minimum atomic E-state index is -0.769. The fourth-order valence-corrected chi connectivity index (χ4v) is 2.85. The number of hydrogen-bond acceptors (Lipinski definition) is 3. The van der Waals surface area contributed by atoms with Crippen molar-refractivity contribution in [2.45, 2.75) is 54.0 Å². The van der Waals surface area contributed by atoms with E-state index in [2.05, 4.69) is 52.5 Å². The Balaban J connectivity index is 2.17. The molecule has 6 heteroatoms. The van der Waals surface area contributed by atoms with Crippen LogP contribution < -0.4 is 10.7 Å². The van der Waals surface area contributed by atoms with E-state index in [1.165, 1.54) is 11.1 Å². The van der Waals surface area contributed by atoms with Crippen molar-refractivity contribution < 1.29 is 9.59 Å². The Morgan fingerprint density at radius 1 is 1.15 bits per heavy atom. The molecule has 0 radical (unpaired) electrons. The van der Waals surface area contributed by atoms with E-state index in [9.17, 15) is 9.59 Å². The molecule has 2 N–H and O–H groups in total. The van der Waals surface area contributed by atoms with E-state index in [0.717, 1.165) is 29.1 Å². The molecule has 0 saturated heterocycles. The third kappa shape index (κ3) is 4.84. The average Bonchev–Trinajstić information content (AvgIpc) is 2.90. The van der Waals surface area contributed by atoms with Gasteiger partial charge in [-0.25, -0.2) is 5.43 Å². The first kappa shape index (κ1) is 20.4. The van der Waals surface area contributed by atoms with Gasteiger partial charge < -0.3 is 9.88 Å². The number of aromatic nitrogens is 1. The molecule has 2 aromatic rings. The number of carbonyl (C=O) groups excluding carboxylic acids is 2. The van der Waals surface area contributed by atoms with Gasteiger partial charge >= 0.3 is 11.8 Å². The molecular formula is C21H28N4O2. The lowest BCUT2D eigenvalue weighted by molar-refractivity contribution is -0.139. The molecule has 2 amide bonds. The van der Waals surface area contributed by atoms with Crippen LogP contribution >= 0.6 is 0 Å². The molecule has 1 aromatic heterocycles. The summed E-state index contributed by atoms with van der Waals surface area (Å²) in [7, 11) is 0. The van der Waals surface area contributed by atoms with E-state index in [1.807, 2.05) is 33.8 Å². The van der Waals surface area contributed by atoms with Crippen LogP contribution in [0.5, 0.6) is 0 Å². The Hall–Kier alpha value is -2.89. The van der Waals surface area contributed by atoms with Gasteiger partial charge in [0.05, 0.1) is 6.21 Å². The second-order valence-electron chi connectivity index (χ2n) is 6.93. The molecule has 1 atom stereocenters. The zero-order valence-electron chi connectivity index (χ0n) is 16.9. The van der Waals surface area contributed by atoms with Crippen LogP contribution in [0.4, 0.5) is 0 Å². The standard InChI is InChI=1S/C21H28N4O2/c1-7-15(4)23-20(26)21(27)24-22-12-18-11-16(5)25(17(18)6)19-10-13(2)8-9-14(19)3/h8-12,15H,7H2,1-6H3,(H,23,26)(H,24,27)/b22-12-/t15-/m0/s1. The zero-order valence-corrected chi connectivity index (χ0v) is 16.9. The Labute approximate surface area is 160 Å². The number of rotatable bonds is 5. The Bertz CT molecular complexity index is 881. The molecule has 144 valence electrons. The van der Waals surface area contributed by atoms with Crippen LogP contribution in [0.2, 0.25) is 0 Å². The Kier molecular flexibility index (Phi) is 6.55. The summed E-state index contributed by atoms with van der Waals surface area (Å²) in [5.74, 6) is -1.45. The first-order valence-corrected chi connectivity index (χ1v) is 9.15. The third-order valence-electron chi connectivity index (χ3n) is 4.64. The minimum Gasteiger partial charge on any atom is -0.345 e. The minimum absolute atomic E-state index is 0.0521. The molecule has 0 bridgehead atoms. The topological polar surface area (TPSA) is 75.5 Å². The van der Waals surface area contributed by atoms with Gasteiger partial charge in [-0.1, -0.05) is 19.1 Å². The smallest absolute Gasteiger partial charge is 0.329 e. The number of nitrogens with zero attached hydrogens (tertiary/aromatic N) is 2. The van der Waals surface area contributed by atoms with E-state index in [-0.39, 0.29) is 6.04 Å². The second-order valence-corrected chi connectivity index (χ2v) is 6.93. The summed E-state index contributed by atoms with van der Waals surface area (Å²) in [5, 5.41) is 6.55. The van der Waals surface area contributed by atoms with Crippen LogP contribution in [0.15, 0.2) is 29.4 Å². The monoisotopic (exact) mass is 368 g/mol. The quantitative estimate of drug-likeness (QED) is 0.483. The van der Waals surface area contributed by atoms with Crippen LogP contribution in [-0.4, -0.2) is 28.6 Å². The molecule has 0 saturated carbocycles. The predicted octanol–water partition coefficient (Wildman–Crippen LogP) is 3.08. The van der Waals surface area contributed by atoms with E-state index in [1.54, 1.807) is 6.21 Å². The van der Waals surface area contributed by atoms with Crippen LogP contribution in [0, 0.1) is 27.7 Å². The number of nitrogens with one attached hydrogen (secondary N) is 2. The van der Waals surface area contributed by atoms with Gasteiger partial charge in [0.1, 0.15) is 0 Å². The van der Waals surface area contributed by atoms with Gasteiger partial charge in [-0.3, -0.25) is 9.59 Å². The number of hydrazone groups is 1. The number of aryl methyl sites for hydroxylation is 3. The summed E-state index contributed by atoms with van der Waals surface area (Å²) in [6, 6.07) is 8.30. The molecule has 0 spiro atoms. The zero-order chi connectivity index (χ0) is 20.1. The van der Waals surface area contributed by atoms with Crippen molar-refractivity contribution in [3.8, 4) is 5.69 Å². The van der Waals surface area contributed by atoms with Gasteiger partial charge in [-0.15, -0.1) is 0 Å². The molecule has 0 aliphatic carbocycles. The van der Waals surface area contributed by atoms with Crippen molar-refractivity contribution in [2.75, 3.05) is 0 Å². The highest BCUT2D eigenvalue weighted by molar-refractivity contribution is 6.35. The highest BCUT2D eigenvalue weighted by Crippen LogP contribution is 2.23. The maximum absolute atomic E-state index is 11.8. The molecule has 27 heavy (non-hydrogen) atoms. The van der Waals surface area contributed by atoms with Crippen LogP contribution in [0.1, 0.15) is 48.3 Å². The lowest BCUT2D eigenvalue weighted by Crippen LogP contribution is -2.41. The van der Waals surface area contributed by atoms with E-state index in [4.69, 9.17) is 0 Å². The van der Waals surface area contributed by atoms with Crippen LogP contribution in [0.25, 0.3) is 5.69 Å². The number of amides is 2. The molecule has 6 nitrogen and oxygen atoms in total. The number of carbonyl (C=O) groups is 2. The molecule has 1 heterocycles. The normalized spacial score (nSPS) is 12.2. The lowest BCUT2D eigenvalue weighted by Gasteiger charge is -2.13. The summed E-state index contributed by atoms with van der Waals surface area (Å²) >= 11 is 0. The van der Waals surface area contributed by atoms with Gasteiger partial charge in [0.2, 0.25) is 0 Å². The highest BCUT2D eigenvalue weighted by atomic mass is 16.2. The van der Waals surface area contributed by atoms with Crippen molar-refractivity contribution in [2.24, 2.45) is 5.10 Å². The average molecular weight is 368 g/mol. The molecule has 0 aliphatic heterocycles. The van der Waals surface area contributed by atoms with E-state index < -0.39 is 11.8 Å². The lowest BCUT2D eigenvalue weighted by atomic mass is 10.1. The van der Waals surface area contributed by atoms with Crippen LogP contribution in [0.3, 0.4) is 0 Å². The van der Waals surface area contributed by atoms with Crippen molar-refractivity contribution in [1.29, 1.82) is 0 Å². The van der Waals surface area contributed by atoms with Crippen molar-refractivity contribution >= 4 is 18.0 Å². The van der Waals surface area contributed by atoms with Crippen LogP contribution in [-0.2, 0) is 9.59 Å². The maximum Gasteiger partial charge on any atom is 0.329 e. The van der Waals surface area contributed by atoms with E-state index in [0.29, 0.717) is 0 Å². The number of hydrogen-bond donors (Lipinski definition) is 2. The van der Waals surface area contributed by atoms with Crippen molar-refractivity contribution in [1.82, 2.24) is 15.3 Å². The Morgan fingerprint density at radius 3 is 2.52 bits per heavy atom. The third-order valence-corrected chi connectivity index (χ3v) is 4.64. The summed E-state index contributed by atoms with van der Waals surface area (Å²) in [4.78, 5) is 23.5. The molecule has 1 aromatic carbocycles. The highest BCUT2D eigenvalue weighted by Gasteiger charge is 2.15. The Morgan fingerprint density at radius 2 is 1.85 bits per heavy atom. The first-order valence-electron chi connectivity index (χ1n) is 9.15. The first-order chi connectivity index (χ1) is 12.7. The molecule has 0 aliphatic rings. The summed E-state index contributed by atoms with van der Waals surface area (Å²) in [6.45, 7) is 12.0. The van der Waals surface area contributed by atoms with Gasteiger partial charge in [0, 0.05) is 28.7 Å². The second kappa shape index (κ2) is 8.66. The summed E-state index contributed by atoms with van der Waals surface area (Å²) in [5.41, 5.74) is 8.76. The molecular weight excluding hydrogens is 340 g/mol. The predicted molar refractivity (Wildman–Crippen MR) is 108 cm³/mol. The van der Waals surface area contributed by atoms with Gasteiger partial charge in [0.15, 0.2) is 0 Å². The van der Waals surface area contributed by atoms with E-state index >= 15 is 0 Å².